The fraction of sp³-hybridized carbons (Fsp3) is 0. The summed E-state index contributed by atoms with van der Waals surface area (Å²) in [5.74, 6) is -1.46. The van der Waals surface area contributed by atoms with Crippen molar-refractivity contribution in [3.05, 3.63) is 57.0 Å². The second kappa shape index (κ2) is 5.55. The quantitative estimate of drug-likeness (QED) is 0.833. The third kappa shape index (κ3) is 3.03. The van der Waals surface area contributed by atoms with Crippen LogP contribution in [-0.2, 0) is 0 Å². The molecule has 0 aliphatic heterocycles. The number of halogens is 4. The van der Waals surface area contributed by atoms with E-state index in [0.717, 1.165) is 12.1 Å². The third-order valence-electron chi connectivity index (χ3n) is 2.37. The first kappa shape index (κ1) is 13.8. The number of nitrogens with one attached hydrogen (secondary N) is 1. The van der Waals surface area contributed by atoms with E-state index in [1.54, 1.807) is 0 Å². The van der Waals surface area contributed by atoms with E-state index in [9.17, 15) is 8.78 Å². The Labute approximate surface area is 121 Å². The maximum Gasteiger partial charge on any atom is 0.150 e. The second-order valence-electron chi connectivity index (χ2n) is 3.68. The SMILES string of the molecule is N#Cc1ccc(Nc2c(F)cc(Br)cc2F)cc1Cl. The van der Waals surface area contributed by atoms with Crippen molar-refractivity contribution in [1.29, 1.82) is 5.26 Å². The number of anilines is 2. The normalized spacial score (nSPS) is 10.1. The van der Waals surface area contributed by atoms with Gasteiger partial charge in [0.05, 0.1) is 10.6 Å². The highest BCUT2D eigenvalue weighted by atomic mass is 79.9. The summed E-state index contributed by atoms with van der Waals surface area (Å²) >= 11 is 8.84. The standard InChI is InChI=1S/C13H6BrClF2N2/c14-8-3-11(16)13(12(17)4-8)19-9-2-1-7(6-18)10(15)5-9/h1-5,19H. The largest absolute Gasteiger partial charge is 0.351 e. The molecule has 0 aliphatic rings. The Bertz CT molecular complexity index is 660. The number of benzene rings is 2. The van der Waals surface area contributed by atoms with Crippen molar-refractivity contribution in [3.8, 4) is 6.07 Å². The van der Waals surface area contributed by atoms with Gasteiger partial charge in [0.15, 0.2) is 11.6 Å². The summed E-state index contributed by atoms with van der Waals surface area (Å²) in [7, 11) is 0. The van der Waals surface area contributed by atoms with E-state index in [-0.39, 0.29) is 10.7 Å². The molecule has 0 amide bonds. The van der Waals surface area contributed by atoms with Crippen LogP contribution in [0, 0.1) is 23.0 Å². The lowest BCUT2D eigenvalue weighted by atomic mass is 10.2. The molecule has 0 aliphatic carbocycles. The van der Waals surface area contributed by atoms with Crippen molar-refractivity contribution in [2.45, 2.75) is 0 Å². The minimum atomic E-state index is -0.729. The van der Waals surface area contributed by atoms with Gasteiger partial charge in [0.25, 0.3) is 0 Å². The van der Waals surface area contributed by atoms with Crippen LogP contribution in [0.2, 0.25) is 5.02 Å². The molecule has 6 heteroatoms. The number of nitriles is 1. The van der Waals surface area contributed by atoms with Crippen LogP contribution in [0.15, 0.2) is 34.8 Å². The van der Waals surface area contributed by atoms with E-state index < -0.39 is 11.6 Å². The zero-order valence-corrected chi connectivity index (χ0v) is 11.7. The van der Waals surface area contributed by atoms with E-state index in [4.69, 9.17) is 16.9 Å². The molecule has 2 rings (SSSR count). The molecule has 0 fully saturated rings. The van der Waals surface area contributed by atoms with Gasteiger partial charge in [-0.3, -0.25) is 0 Å². The van der Waals surface area contributed by atoms with Crippen LogP contribution in [-0.4, -0.2) is 0 Å². The van der Waals surface area contributed by atoms with E-state index in [1.807, 2.05) is 6.07 Å². The number of rotatable bonds is 2. The average Bonchev–Trinajstić information content (AvgIpc) is 2.34. The molecule has 0 saturated heterocycles. The van der Waals surface area contributed by atoms with Crippen molar-refractivity contribution in [3.63, 3.8) is 0 Å². The molecule has 0 saturated carbocycles. The van der Waals surface area contributed by atoms with Gasteiger partial charge >= 0.3 is 0 Å². The number of nitrogens with zero attached hydrogens (tertiary/aromatic N) is 1. The predicted octanol–water partition coefficient (Wildman–Crippen LogP) is 5.00. The molecule has 2 aromatic rings. The Morgan fingerprint density at radius 1 is 1.16 bits per heavy atom. The topological polar surface area (TPSA) is 35.8 Å². The predicted molar refractivity (Wildman–Crippen MR) is 73.5 cm³/mol. The van der Waals surface area contributed by atoms with Crippen molar-refractivity contribution in [1.82, 2.24) is 0 Å². The fourth-order valence-electron chi connectivity index (χ4n) is 1.49. The van der Waals surface area contributed by atoms with E-state index in [2.05, 4.69) is 21.2 Å². The highest BCUT2D eigenvalue weighted by Crippen LogP contribution is 2.28. The summed E-state index contributed by atoms with van der Waals surface area (Å²) in [6.45, 7) is 0. The van der Waals surface area contributed by atoms with Crippen LogP contribution in [0.4, 0.5) is 20.2 Å². The molecule has 0 atom stereocenters. The molecule has 0 heterocycles. The van der Waals surface area contributed by atoms with Crippen molar-refractivity contribution in [2.24, 2.45) is 0 Å². The molecule has 2 nitrogen and oxygen atoms in total. The number of hydrogen-bond donors (Lipinski definition) is 1. The maximum atomic E-state index is 13.6. The van der Waals surface area contributed by atoms with Gasteiger partial charge in [-0.1, -0.05) is 27.5 Å². The second-order valence-corrected chi connectivity index (χ2v) is 5.00. The van der Waals surface area contributed by atoms with Crippen molar-refractivity contribution in [2.75, 3.05) is 5.32 Å². The molecule has 0 unspecified atom stereocenters. The monoisotopic (exact) mass is 342 g/mol. The Morgan fingerprint density at radius 2 is 1.79 bits per heavy atom. The summed E-state index contributed by atoms with van der Waals surface area (Å²) in [5, 5.41) is 11.5. The van der Waals surface area contributed by atoms with E-state index in [0.29, 0.717) is 15.7 Å². The maximum absolute atomic E-state index is 13.6. The minimum Gasteiger partial charge on any atom is -0.351 e. The van der Waals surface area contributed by atoms with Crippen LogP contribution in [0.25, 0.3) is 0 Å². The summed E-state index contributed by atoms with van der Waals surface area (Å²) in [4.78, 5) is 0. The zero-order valence-electron chi connectivity index (χ0n) is 9.35. The van der Waals surface area contributed by atoms with Gasteiger partial charge in [0.1, 0.15) is 11.8 Å². The van der Waals surface area contributed by atoms with Gasteiger partial charge < -0.3 is 5.32 Å². The fourth-order valence-corrected chi connectivity index (χ4v) is 2.11. The first-order valence-electron chi connectivity index (χ1n) is 5.12. The highest BCUT2D eigenvalue weighted by Gasteiger charge is 2.11. The lowest BCUT2D eigenvalue weighted by molar-refractivity contribution is 0.589. The molecular formula is C13H6BrClF2N2. The van der Waals surface area contributed by atoms with Crippen LogP contribution in [0.1, 0.15) is 5.56 Å². The Hall–Kier alpha value is -1.64. The molecule has 0 radical (unpaired) electrons. The molecule has 0 aromatic heterocycles. The van der Waals surface area contributed by atoms with E-state index in [1.165, 1.54) is 18.2 Å². The van der Waals surface area contributed by atoms with Crippen LogP contribution in [0.3, 0.4) is 0 Å². The summed E-state index contributed by atoms with van der Waals surface area (Å²) < 4.78 is 27.6. The highest BCUT2D eigenvalue weighted by molar-refractivity contribution is 9.10. The smallest absolute Gasteiger partial charge is 0.150 e. The lowest BCUT2D eigenvalue weighted by Gasteiger charge is -2.10. The molecule has 2 aromatic carbocycles. The summed E-state index contributed by atoms with van der Waals surface area (Å²) in [6.07, 6.45) is 0. The van der Waals surface area contributed by atoms with Crippen LogP contribution in [0.5, 0.6) is 0 Å². The summed E-state index contributed by atoms with van der Waals surface area (Å²) in [5.41, 5.74) is 0.414. The van der Waals surface area contributed by atoms with Gasteiger partial charge in [0, 0.05) is 10.2 Å². The van der Waals surface area contributed by atoms with E-state index >= 15 is 0 Å². The average molecular weight is 344 g/mol. The molecule has 0 bridgehead atoms. The molecule has 1 N–H and O–H groups in total. The van der Waals surface area contributed by atoms with Gasteiger partial charge in [-0.2, -0.15) is 5.26 Å². The Kier molecular flexibility index (Phi) is 4.03. The molecular weight excluding hydrogens is 338 g/mol. The van der Waals surface area contributed by atoms with Crippen LogP contribution < -0.4 is 5.32 Å². The van der Waals surface area contributed by atoms with Gasteiger partial charge in [0.2, 0.25) is 0 Å². The first-order chi connectivity index (χ1) is 9.01. The van der Waals surface area contributed by atoms with Gasteiger partial charge in [-0.05, 0) is 30.3 Å². The summed E-state index contributed by atoms with van der Waals surface area (Å²) in [6, 6.07) is 8.62. The molecule has 96 valence electrons. The van der Waals surface area contributed by atoms with Gasteiger partial charge in [-0.25, -0.2) is 8.78 Å². The van der Waals surface area contributed by atoms with Crippen LogP contribution >= 0.6 is 27.5 Å². The third-order valence-corrected chi connectivity index (χ3v) is 3.14. The van der Waals surface area contributed by atoms with Gasteiger partial charge in [-0.15, -0.1) is 0 Å². The zero-order chi connectivity index (χ0) is 14.0. The van der Waals surface area contributed by atoms with Crippen molar-refractivity contribution < 1.29 is 8.78 Å². The Morgan fingerprint density at radius 3 is 2.32 bits per heavy atom. The van der Waals surface area contributed by atoms with Crippen molar-refractivity contribution >= 4 is 38.9 Å². The lowest BCUT2D eigenvalue weighted by Crippen LogP contribution is -1.98. The molecule has 0 spiro atoms. The minimum absolute atomic E-state index is 0.213. The number of hydrogen-bond acceptors (Lipinski definition) is 2. The first-order valence-corrected chi connectivity index (χ1v) is 6.29. The Balaban J connectivity index is 2.37. The molecule has 19 heavy (non-hydrogen) atoms.